The molecule has 1 saturated heterocycles. The van der Waals surface area contributed by atoms with Crippen LogP contribution in [0.2, 0.25) is 0 Å². The maximum Gasteiger partial charge on any atom is 0.229 e. The summed E-state index contributed by atoms with van der Waals surface area (Å²) in [5, 5.41) is 5.01. The van der Waals surface area contributed by atoms with E-state index in [-0.39, 0.29) is 0 Å². The maximum atomic E-state index is 5.99. The molecule has 2 aliphatic rings. The number of anilines is 2. The minimum atomic E-state index is 0.486. The minimum absolute atomic E-state index is 0.486. The van der Waals surface area contributed by atoms with E-state index in [0.717, 1.165) is 36.0 Å². The summed E-state index contributed by atoms with van der Waals surface area (Å²) < 4.78 is 1.75. The second-order valence-electron chi connectivity index (χ2n) is 5.85. The van der Waals surface area contributed by atoms with Crippen LogP contribution >= 0.6 is 0 Å². The minimum Gasteiger partial charge on any atom is -0.383 e. The van der Waals surface area contributed by atoms with Gasteiger partial charge in [-0.1, -0.05) is 6.92 Å². The molecular weight excluding hydrogens is 228 g/mol. The van der Waals surface area contributed by atoms with Crippen LogP contribution in [-0.4, -0.2) is 32.8 Å². The highest BCUT2D eigenvalue weighted by Gasteiger charge is 2.56. The third-order valence-corrected chi connectivity index (χ3v) is 4.42. The van der Waals surface area contributed by atoms with Crippen molar-refractivity contribution in [3.8, 4) is 0 Å². The first kappa shape index (κ1) is 10.1. The van der Waals surface area contributed by atoms with Gasteiger partial charge >= 0.3 is 0 Å². The predicted octanol–water partition coefficient (Wildman–Crippen LogP) is 0.792. The number of aromatic nitrogens is 4. The molecule has 94 valence electrons. The van der Waals surface area contributed by atoms with E-state index >= 15 is 0 Å². The Kier molecular flexibility index (Phi) is 1.65. The Morgan fingerprint density at radius 3 is 3.00 bits per heavy atom. The SMILES string of the molecule is Cn1ncc2c(N)nc(N3CC4CC4(C)C3)nc21. The van der Waals surface area contributed by atoms with Crippen molar-refractivity contribution in [2.45, 2.75) is 13.3 Å². The van der Waals surface area contributed by atoms with Crippen LogP contribution in [0.1, 0.15) is 13.3 Å². The molecule has 6 heteroatoms. The lowest BCUT2D eigenvalue weighted by molar-refractivity contribution is 0.594. The van der Waals surface area contributed by atoms with Gasteiger partial charge in [0.05, 0.1) is 11.6 Å². The smallest absolute Gasteiger partial charge is 0.229 e. The van der Waals surface area contributed by atoms with Gasteiger partial charge in [0.1, 0.15) is 5.82 Å². The van der Waals surface area contributed by atoms with Gasteiger partial charge < -0.3 is 10.6 Å². The topological polar surface area (TPSA) is 72.9 Å². The monoisotopic (exact) mass is 244 g/mol. The molecule has 4 rings (SSSR count). The van der Waals surface area contributed by atoms with E-state index in [2.05, 4.69) is 26.9 Å². The Labute approximate surface area is 105 Å². The van der Waals surface area contributed by atoms with Crippen LogP contribution in [0.25, 0.3) is 11.0 Å². The Morgan fingerprint density at radius 2 is 2.28 bits per heavy atom. The maximum absolute atomic E-state index is 5.99. The molecule has 0 bridgehead atoms. The molecule has 0 amide bonds. The number of nitrogens with two attached hydrogens (primary N) is 1. The molecule has 3 heterocycles. The lowest BCUT2D eigenvalue weighted by Crippen LogP contribution is -2.26. The quantitative estimate of drug-likeness (QED) is 0.803. The molecule has 0 aromatic carbocycles. The lowest BCUT2D eigenvalue weighted by atomic mass is 10.1. The molecule has 2 aromatic rings. The van der Waals surface area contributed by atoms with Gasteiger partial charge in [0.2, 0.25) is 5.95 Å². The van der Waals surface area contributed by atoms with Gasteiger partial charge in [-0.3, -0.25) is 4.68 Å². The number of aryl methyl sites for hydroxylation is 1. The van der Waals surface area contributed by atoms with Crippen molar-refractivity contribution in [2.24, 2.45) is 18.4 Å². The number of rotatable bonds is 1. The van der Waals surface area contributed by atoms with Crippen molar-refractivity contribution < 1.29 is 0 Å². The molecule has 2 fully saturated rings. The molecule has 18 heavy (non-hydrogen) atoms. The van der Waals surface area contributed by atoms with Crippen LogP contribution in [-0.2, 0) is 7.05 Å². The largest absolute Gasteiger partial charge is 0.383 e. The lowest BCUT2D eigenvalue weighted by Gasteiger charge is -2.19. The highest BCUT2D eigenvalue weighted by molar-refractivity contribution is 5.86. The number of hydrogen-bond acceptors (Lipinski definition) is 5. The fourth-order valence-corrected chi connectivity index (χ4v) is 3.07. The van der Waals surface area contributed by atoms with Crippen LogP contribution in [0, 0.1) is 11.3 Å². The zero-order valence-corrected chi connectivity index (χ0v) is 10.6. The zero-order valence-electron chi connectivity index (χ0n) is 10.6. The van der Waals surface area contributed by atoms with Gasteiger partial charge in [-0.2, -0.15) is 15.1 Å². The first-order chi connectivity index (χ1) is 8.57. The molecule has 2 atom stereocenters. The van der Waals surface area contributed by atoms with E-state index in [4.69, 9.17) is 5.73 Å². The summed E-state index contributed by atoms with van der Waals surface area (Å²) in [6.45, 7) is 4.43. The van der Waals surface area contributed by atoms with E-state index in [9.17, 15) is 0 Å². The standard InChI is InChI=1S/C12H16N6/c1-12-3-7(12)5-18(6-12)11-15-9(13)8-4-14-17(2)10(8)16-11/h4,7H,3,5-6H2,1-2H3,(H2,13,15,16). The molecule has 2 unspecified atom stereocenters. The van der Waals surface area contributed by atoms with Gasteiger partial charge in [-0.05, 0) is 17.8 Å². The van der Waals surface area contributed by atoms with Crippen molar-refractivity contribution in [3.63, 3.8) is 0 Å². The van der Waals surface area contributed by atoms with E-state index < -0.39 is 0 Å². The molecule has 2 aromatic heterocycles. The third-order valence-electron chi connectivity index (χ3n) is 4.42. The summed E-state index contributed by atoms with van der Waals surface area (Å²) in [7, 11) is 1.88. The fourth-order valence-electron chi connectivity index (χ4n) is 3.07. The highest BCUT2D eigenvalue weighted by atomic mass is 15.3. The van der Waals surface area contributed by atoms with Crippen molar-refractivity contribution in [1.82, 2.24) is 19.7 Å². The summed E-state index contributed by atoms with van der Waals surface area (Å²) in [6, 6.07) is 0. The normalized spacial score (nSPS) is 29.9. The Balaban J connectivity index is 1.79. The Bertz CT molecular complexity index is 647. The summed E-state index contributed by atoms with van der Waals surface area (Å²) in [6.07, 6.45) is 3.06. The van der Waals surface area contributed by atoms with Crippen LogP contribution in [0.3, 0.4) is 0 Å². The van der Waals surface area contributed by atoms with Crippen LogP contribution in [0.4, 0.5) is 11.8 Å². The molecular formula is C12H16N6. The first-order valence-corrected chi connectivity index (χ1v) is 6.27. The average molecular weight is 244 g/mol. The van der Waals surface area contributed by atoms with Crippen LogP contribution in [0.5, 0.6) is 0 Å². The number of nitrogens with zero attached hydrogens (tertiary/aromatic N) is 5. The van der Waals surface area contributed by atoms with Gasteiger partial charge in [0.15, 0.2) is 5.65 Å². The van der Waals surface area contributed by atoms with Crippen molar-refractivity contribution in [2.75, 3.05) is 23.7 Å². The van der Waals surface area contributed by atoms with E-state index in [1.165, 1.54) is 6.42 Å². The molecule has 0 spiro atoms. The first-order valence-electron chi connectivity index (χ1n) is 6.27. The summed E-state index contributed by atoms with van der Waals surface area (Å²) in [5.41, 5.74) is 7.28. The molecule has 2 N–H and O–H groups in total. The van der Waals surface area contributed by atoms with Gasteiger partial charge in [-0.15, -0.1) is 0 Å². The fraction of sp³-hybridized carbons (Fsp3) is 0.583. The highest BCUT2D eigenvalue weighted by Crippen LogP contribution is 2.57. The second-order valence-corrected chi connectivity index (χ2v) is 5.85. The molecule has 1 aliphatic heterocycles. The zero-order chi connectivity index (χ0) is 12.5. The van der Waals surface area contributed by atoms with Gasteiger partial charge in [0.25, 0.3) is 0 Å². The predicted molar refractivity (Wildman–Crippen MR) is 69.1 cm³/mol. The summed E-state index contributed by atoms with van der Waals surface area (Å²) in [4.78, 5) is 11.3. The van der Waals surface area contributed by atoms with Crippen LogP contribution < -0.4 is 10.6 Å². The second kappa shape index (κ2) is 2.93. The van der Waals surface area contributed by atoms with Crippen molar-refractivity contribution in [3.05, 3.63) is 6.20 Å². The molecule has 1 saturated carbocycles. The Morgan fingerprint density at radius 1 is 1.44 bits per heavy atom. The van der Waals surface area contributed by atoms with E-state index in [1.54, 1.807) is 10.9 Å². The number of piperidine rings is 1. The van der Waals surface area contributed by atoms with Crippen molar-refractivity contribution in [1.29, 1.82) is 0 Å². The van der Waals surface area contributed by atoms with E-state index in [0.29, 0.717) is 11.2 Å². The number of nitrogen functional groups attached to an aromatic ring is 1. The average Bonchev–Trinajstić information content (AvgIpc) is 2.69. The molecule has 0 radical (unpaired) electrons. The Hall–Kier alpha value is -1.85. The third kappa shape index (κ3) is 1.20. The van der Waals surface area contributed by atoms with Gasteiger partial charge in [-0.25, -0.2) is 0 Å². The number of fused-ring (bicyclic) bond motifs is 2. The van der Waals surface area contributed by atoms with Crippen molar-refractivity contribution >= 4 is 22.8 Å². The summed E-state index contributed by atoms with van der Waals surface area (Å²) in [5.74, 6) is 2.08. The summed E-state index contributed by atoms with van der Waals surface area (Å²) >= 11 is 0. The van der Waals surface area contributed by atoms with Gasteiger partial charge in [0, 0.05) is 20.1 Å². The molecule has 6 nitrogen and oxygen atoms in total. The number of hydrogen-bond donors (Lipinski definition) is 1. The van der Waals surface area contributed by atoms with Crippen LogP contribution in [0.15, 0.2) is 6.20 Å². The molecule has 1 aliphatic carbocycles. The van der Waals surface area contributed by atoms with E-state index in [1.807, 2.05) is 7.05 Å².